The minimum absolute atomic E-state index is 0.0801. The molecule has 0 saturated heterocycles. The van der Waals surface area contributed by atoms with Crippen molar-refractivity contribution in [2.45, 2.75) is 90.4 Å². The number of hydrogen-bond acceptors (Lipinski definition) is 5. The lowest BCUT2D eigenvalue weighted by Gasteiger charge is -2.33. The van der Waals surface area contributed by atoms with Crippen molar-refractivity contribution in [2.24, 2.45) is 0 Å². The van der Waals surface area contributed by atoms with Crippen molar-refractivity contribution in [2.75, 3.05) is 13.7 Å². The molecule has 1 saturated carbocycles. The van der Waals surface area contributed by atoms with Crippen molar-refractivity contribution < 1.29 is 24.2 Å². The van der Waals surface area contributed by atoms with Crippen molar-refractivity contribution in [3.63, 3.8) is 0 Å². The average molecular weight is 462 g/mol. The molecule has 3 amide bonds. The molecule has 1 aromatic carbocycles. The Kier molecular flexibility index (Phi) is 9.28. The van der Waals surface area contributed by atoms with Crippen LogP contribution in [-0.2, 0) is 14.3 Å². The summed E-state index contributed by atoms with van der Waals surface area (Å²) in [6.45, 7) is 8.38. The summed E-state index contributed by atoms with van der Waals surface area (Å²) in [6.07, 6.45) is 4.34. The highest BCUT2D eigenvalue weighted by molar-refractivity contribution is 5.92. The number of hydrogen-bond donors (Lipinski definition) is 3. The minimum Gasteiger partial charge on any atom is -0.444 e. The summed E-state index contributed by atoms with van der Waals surface area (Å²) in [4.78, 5) is 40.2. The van der Waals surface area contributed by atoms with E-state index >= 15 is 0 Å². The third-order valence-corrected chi connectivity index (χ3v) is 5.83. The Hall–Kier alpha value is -2.61. The number of carbonyl (C=O) groups excluding carboxylic acids is 3. The summed E-state index contributed by atoms with van der Waals surface area (Å²) in [7, 11) is 1.52. The second-order valence-electron chi connectivity index (χ2n) is 9.94. The van der Waals surface area contributed by atoms with E-state index in [1.807, 2.05) is 32.0 Å². The maximum absolute atomic E-state index is 13.4. The monoisotopic (exact) mass is 461 g/mol. The molecule has 1 fully saturated rings. The van der Waals surface area contributed by atoms with Gasteiger partial charge in [-0.1, -0.05) is 43.0 Å². The average Bonchev–Trinajstić information content (AvgIpc) is 2.72. The first-order valence-electron chi connectivity index (χ1n) is 11.7. The number of carbonyl (C=O) groups is 3. The maximum atomic E-state index is 13.4. The first kappa shape index (κ1) is 26.6. The molecule has 1 aromatic rings. The molecule has 0 heterocycles. The molecule has 8 nitrogen and oxygen atoms in total. The fourth-order valence-electron chi connectivity index (χ4n) is 4.19. The summed E-state index contributed by atoms with van der Waals surface area (Å²) in [6, 6.07) is 3.68. The highest BCUT2D eigenvalue weighted by atomic mass is 16.6. The fraction of sp³-hybridized carbons (Fsp3) is 0.640. The molecule has 0 spiro atoms. The topological polar surface area (TPSA) is 108 Å². The van der Waals surface area contributed by atoms with E-state index in [1.165, 1.54) is 18.4 Å². The van der Waals surface area contributed by atoms with Gasteiger partial charge < -0.3 is 25.4 Å². The normalized spacial score (nSPS) is 16.5. The molecule has 1 aliphatic rings. The van der Waals surface area contributed by atoms with Crippen molar-refractivity contribution in [3.05, 3.63) is 34.9 Å². The third-order valence-electron chi connectivity index (χ3n) is 5.83. The van der Waals surface area contributed by atoms with Crippen LogP contribution in [0.15, 0.2) is 18.2 Å². The molecule has 33 heavy (non-hydrogen) atoms. The standard InChI is InChI=1S/C25H39N3O5/c1-16-12-13-19(17(2)14-16)21(22(30)26-18-10-8-7-9-11-18)28(6)23(31)20(15-29)27-24(32)33-25(3,4)5/h12-14,18,20-21,29H,7-11,15H2,1-6H3,(H,26,30)(H,27,32). The van der Waals surface area contributed by atoms with Gasteiger partial charge in [-0.25, -0.2) is 4.79 Å². The molecule has 8 heteroatoms. The van der Waals surface area contributed by atoms with Crippen LogP contribution in [0.2, 0.25) is 0 Å². The van der Waals surface area contributed by atoms with Crippen LogP contribution in [0.25, 0.3) is 0 Å². The second-order valence-corrected chi connectivity index (χ2v) is 9.94. The lowest BCUT2D eigenvalue weighted by Crippen LogP contribution is -2.54. The van der Waals surface area contributed by atoms with E-state index in [9.17, 15) is 19.5 Å². The van der Waals surface area contributed by atoms with Crippen LogP contribution >= 0.6 is 0 Å². The van der Waals surface area contributed by atoms with Gasteiger partial charge in [-0.15, -0.1) is 0 Å². The van der Waals surface area contributed by atoms with Gasteiger partial charge in [-0.3, -0.25) is 9.59 Å². The van der Waals surface area contributed by atoms with Crippen LogP contribution in [0.3, 0.4) is 0 Å². The molecule has 0 aliphatic heterocycles. The number of alkyl carbamates (subject to hydrolysis) is 1. The smallest absolute Gasteiger partial charge is 0.408 e. The van der Waals surface area contributed by atoms with E-state index in [0.29, 0.717) is 5.56 Å². The van der Waals surface area contributed by atoms with Gasteiger partial charge in [0, 0.05) is 13.1 Å². The van der Waals surface area contributed by atoms with Gasteiger partial charge in [0.15, 0.2) is 0 Å². The highest BCUT2D eigenvalue weighted by Gasteiger charge is 2.35. The van der Waals surface area contributed by atoms with Gasteiger partial charge in [0.2, 0.25) is 11.8 Å². The van der Waals surface area contributed by atoms with Crippen LogP contribution in [0, 0.1) is 13.8 Å². The Morgan fingerprint density at radius 2 is 1.79 bits per heavy atom. The lowest BCUT2D eigenvalue weighted by atomic mass is 9.93. The molecule has 0 radical (unpaired) electrons. The van der Waals surface area contributed by atoms with Crippen LogP contribution in [0.1, 0.15) is 75.6 Å². The molecule has 2 atom stereocenters. The van der Waals surface area contributed by atoms with Gasteiger partial charge in [0.1, 0.15) is 17.7 Å². The molecule has 3 N–H and O–H groups in total. The molecule has 1 aliphatic carbocycles. The number of amides is 3. The number of ether oxygens (including phenoxy) is 1. The largest absolute Gasteiger partial charge is 0.444 e. The summed E-state index contributed by atoms with van der Waals surface area (Å²) in [5.41, 5.74) is 1.90. The predicted molar refractivity (Wildman–Crippen MR) is 127 cm³/mol. The fourth-order valence-corrected chi connectivity index (χ4v) is 4.19. The van der Waals surface area contributed by atoms with E-state index in [4.69, 9.17) is 4.74 Å². The van der Waals surface area contributed by atoms with Gasteiger partial charge in [-0.05, 0) is 58.6 Å². The Morgan fingerprint density at radius 1 is 1.15 bits per heavy atom. The molecular formula is C25H39N3O5. The molecular weight excluding hydrogens is 422 g/mol. The summed E-state index contributed by atoms with van der Waals surface area (Å²) in [5.74, 6) is -0.842. The van der Waals surface area contributed by atoms with Crippen LogP contribution in [0.5, 0.6) is 0 Å². The van der Waals surface area contributed by atoms with Gasteiger partial charge >= 0.3 is 6.09 Å². The first-order chi connectivity index (χ1) is 15.4. The Balaban J connectivity index is 2.28. The number of nitrogens with zero attached hydrogens (tertiary/aromatic N) is 1. The van der Waals surface area contributed by atoms with Crippen LogP contribution in [0.4, 0.5) is 4.79 Å². The summed E-state index contributed by atoms with van der Waals surface area (Å²) in [5, 5.41) is 15.4. The van der Waals surface area contributed by atoms with Crippen molar-refractivity contribution in [1.29, 1.82) is 0 Å². The van der Waals surface area contributed by atoms with Crippen molar-refractivity contribution in [1.82, 2.24) is 15.5 Å². The zero-order chi connectivity index (χ0) is 24.8. The minimum atomic E-state index is -1.24. The Labute approximate surface area is 197 Å². The predicted octanol–water partition coefficient (Wildman–Crippen LogP) is 3.14. The number of nitrogens with one attached hydrogen (secondary N) is 2. The quantitative estimate of drug-likeness (QED) is 0.578. The van der Waals surface area contributed by atoms with E-state index in [0.717, 1.165) is 36.8 Å². The zero-order valence-corrected chi connectivity index (χ0v) is 20.7. The second kappa shape index (κ2) is 11.5. The van der Waals surface area contributed by atoms with Crippen LogP contribution < -0.4 is 10.6 Å². The first-order valence-corrected chi connectivity index (χ1v) is 11.7. The Bertz CT molecular complexity index is 843. The number of aryl methyl sites for hydroxylation is 2. The molecule has 2 rings (SSSR count). The van der Waals surface area contributed by atoms with Gasteiger partial charge in [0.05, 0.1) is 6.61 Å². The molecule has 0 aromatic heterocycles. The molecule has 0 bridgehead atoms. The van der Waals surface area contributed by atoms with Crippen molar-refractivity contribution >= 4 is 17.9 Å². The maximum Gasteiger partial charge on any atom is 0.408 e. The number of likely N-dealkylation sites (N-methyl/N-ethyl adjacent to an activating group) is 1. The number of rotatable bonds is 7. The van der Waals surface area contributed by atoms with Crippen LogP contribution in [-0.4, -0.2) is 59.3 Å². The zero-order valence-electron chi connectivity index (χ0n) is 20.7. The highest BCUT2D eigenvalue weighted by Crippen LogP contribution is 2.26. The number of aliphatic hydroxyl groups is 1. The van der Waals surface area contributed by atoms with E-state index in [1.54, 1.807) is 20.8 Å². The third kappa shape index (κ3) is 7.74. The summed E-state index contributed by atoms with van der Waals surface area (Å²) < 4.78 is 5.21. The number of aliphatic hydroxyl groups excluding tert-OH is 1. The number of benzene rings is 1. The summed E-state index contributed by atoms with van der Waals surface area (Å²) >= 11 is 0. The van der Waals surface area contributed by atoms with Gasteiger partial charge in [0.25, 0.3) is 0 Å². The van der Waals surface area contributed by atoms with E-state index < -0.39 is 36.3 Å². The molecule has 2 unspecified atom stereocenters. The van der Waals surface area contributed by atoms with E-state index in [-0.39, 0.29) is 11.9 Å². The SMILES string of the molecule is Cc1ccc(C(C(=O)NC2CCCCC2)N(C)C(=O)C(CO)NC(=O)OC(C)(C)C)c(C)c1. The molecule has 184 valence electrons. The van der Waals surface area contributed by atoms with Gasteiger partial charge in [-0.2, -0.15) is 0 Å². The lowest BCUT2D eigenvalue weighted by molar-refractivity contribution is -0.141. The Morgan fingerprint density at radius 3 is 2.33 bits per heavy atom. The van der Waals surface area contributed by atoms with E-state index in [2.05, 4.69) is 10.6 Å². The van der Waals surface area contributed by atoms with Crippen molar-refractivity contribution in [3.8, 4) is 0 Å².